The van der Waals surface area contributed by atoms with Crippen LogP contribution in [0, 0.1) is 0 Å². The maximum atomic E-state index is 12.0. The zero-order valence-electron chi connectivity index (χ0n) is 14.1. The number of anilines is 1. The van der Waals surface area contributed by atoms with Crippen molar-refractivity contribution in [3.05, 3.63) is 65.0 Å². The van der Waals surface area contributed by atoms with E-state index >= 15 is 0 Å². The average Bonchev–Trinajstić information content (AvgIpc) is 3.31. The number of rotatable bonds is 6. The maximum Gasteiger partial charge on any atom is 0.252 e. The van der Waals surface area contributed by atoms with E-state index in [-0.39, 0.29) is 12.5 Å². The molecule has 1 aliphatic heterocycles. The molecule has 1 aromatic heterocycles. The molecule has 0 aliphatic carbocycles. The number of hydrogen-bond acceptors (Lipinski definition) is 5. The van der Waals surface area contributed by atoms with Crippen molar-refractivity contribution >= 4 is 22.4 Å². The largest absolute Gasteiger partial charge is 0.493 e. The molecule has 0 spiro atoms. The molecule has 0 saturated carbocycles. The van der Waals surface area contributed by atoms with Crippen molar-refractivity contribution in [1.29, 1.82) is 0 Å². The third-order valence-corrected chi connectivity index (χ3v) is 4.84. The standard InChI is InChI=1S/C20H18N2O3S/c23-19(12-24-11-14-4-2-1-3-5-14)22-20-21-17(13-26-20)15-6-7-18-16(10-15)8-9-25-18/h1-7,10,13H,8-9,11-12H2,(H,21,22,23). The van der Waals surface area contributed by atoms with Gasteiger partial charge >= 0.3 is 0 Å². The Morgan fingerprint density at radius 1 is 1.23 bits per heavy atom. The van der Waals surface area contributed by atoms with E-state index in [9.17, 15) is 4.79 Å². The minimum Gasteiger partial charge on any atom is -0.493 e. The summed E-state index contributed by atoms with van der Waals surface area (Å²) >= 11 is 1.41. The lowest BCUT2D eigenvalue weighted by atomic mass is 10.1. The minimum atomic E-state index is -0.204. The number of nitrogens with zero attached hydrogens (tertiary/aromatic N) is 1. The second-order valence-electron chi connectivity index (χ2n) is 5.99. The van der Waals surface area contributed by atoms with E-state index in [1.165, 1.54) is 16.9 Å². The van der Waals surface area contributed by atoms with E-state index in [1.54, 1.807) is 0 Å². The summed E-state index contributed by atoms with van der Waals surface area (Å²) in [4.78, 5) is 16.5. The first-order valence-electron chi connectivity index (χ1n) is 8.41. The minimum absolute atomic E-state index is 0.00000834. The number of nitrogens with one attached hydrogen (secondary N) is 1. The predicted octanol–water partition coefficient (Wildman–Crippen LogP) is 3.90. The van der Waals surface area contributed by atoms with Gasteiger partial charge in [-0.15, -0.1) is 11.3 Å². The van der Waals surface area contributed by atoms with Gasteiger partial charge in [0.2, 0.25) is 0 Å². The molecule has 26 heavy (non-hydrogen) atoms. The first kappa shape index (κ1) is 16.8. The Balaban J connectivity index is 1.32. The number of aromatic nitrogens is 1. The molecule has 3 aromatic rings. The van der Waals surface area contributed by atoms with Crippen LogP contribution in [0.1, 0.15) is 11.1 Å². The van der Waals surface area contributed by atoms with E-state index in [0.29, 0.717) is 11.7 Å². The highest BCUT2D eigenvalue weighted by molar-refractivity contribution is 7.14. The number of hydrogen-bond donors (Lipinski definition) is 1. The molecule has 0 unspecified atom stereocenters. The van der Waals surface area contributed by atoms with E-state index in [1.807, 2.05) is 47.8 Å². The fourth-order valence-corrected chi connectivity index (χ4v) is 3.54. The van der Waals surface area contributed by atoms with Crippen LogP contribution in [0.25, 0.3) is 11.3 Å². The molecule has 1 amide bonds. The Morgan fingerprint density at radius 2 is 2.12 bits per heavy atom. The van der Waals surface area contributed by atoms with Crippen LogP contribution in [0.4, 0.5) is 5.13 Å². The summed E-state index contributed by atoms with van der Waals surface area (Å²) in [5, 5.41) is 5.31. The van der Waals surface area contributed by atoms with E-state index in [2.05, 4.69) is 16.4 Å². The Morgan fingerprint density at radius 3 is 3.00 bits per heavy atom. The van der Waals surface area contributed by atoms with Crippen molar-refractivity contribution in [2.75, 3.05) is 18.5 Å². The van der Waals surface area contributed by atoms with Gasteiger partial charge in [0.15, 0.2) is 5.13 Å². The van der Waals surface area contributed by atoms with Crippen LogP contribution in [0.3, 0.4) is 0 Å². The second-order valence-corrected chi connectivity index (χ2v) is 6.84. The van der Waals surface area contributed by atoms with Crippen LogP contribution in [-0.2, 0) is 22.6 Å². The summed E-state index contributed by atoms with van der Waals surface area (Å²) in [7, 11) is 0. The topological polar surface area (TPSA) is 60.5 Å². The highest BCUT2D eigenvalue weighted by atomic mass is 32.1. The summed E-state index contributed by atoms with van der Waals surface area (Å²) in [6, 6.07) is 15.8. The first-order chi connectivity index (χ1) is 12.8. The fraction of sp³-hybridized carbons (Fsp3) is 0.200. The highest BCUT2D eigenvalue weighted by Crippen LogP contribution is 2.31. The number of carbonyl (C=O) groups is 1. The van der Waals surface area contributed by atoms with Crippen LogP contribution in [-0.4, -0.2) is 24.1 Å². The smallest absolute Gasteiger partial charge is 0.252 e. The van der Waals surface area contributed by atoms with E-state index in [0.717, 1.165) is 35.6 Å². The monoisotopic (exact) mass is 366 g/mol. The molecule has 0 saturated heterocycles. The molecular weight excluding hydrogens is 348 g/mol. The fourth-order valence-electron chi connectivity index (χ4n) is 2.80. The lowest BCUT2D eigenvalue weighted by Crippen LogP contribution is -2.18. The summed E-state index contributed by atoms with van der Waals surface area (Å²) in [6.07, 6.45) is 0.926. The zero-order chi connectivity index (χ0) is 17.8. The molecule has 6 heteroatoms. The molecule has 0 radical (unpaired) electrons. The van der Waals surface area contributed by atoms with Gasteiger partial charge in [-0.25, -0.2) is 4.98 Å². The Kier molecular flexibility index (Phi) is 4.95. The number of amides is 1. The lowest BCUT2D eigenvalue weighted by Gasteiger charge is -2.04. The van der Waals surface area contributed by atoms with Gasteiger partial charge in [0.25, 0.3) is 5.91 Å². The SMILES string of the molecule is O=C(COCc1ccccc1)Nc1nc(-c2ccc3c(c2)CCO3)cs1. The summed E-state index contributed by atoms with van der Waals surface area (Å²) in [5.74, 6) is 0.747. The van der Waals surface area contributed by atoms with Crippen LogP contribution >= 0.6 is 11.3 Å². The van der Waals surface area contributed by atoms with Crippen LogP contribution in [0.5, 0.6) is 5.75 Å². The number of benzene rings is 2. The van der Waals surface area contributed by atoms with Crippen molar-refractivity contribution in [2.45, 2.75) is 13.0 Å². The average molecular weight is 366 g/mol. The lowest BCUT2D eigenvalue weighted by molar-refractivity contribution is -0.121. The van der Waals surface area contributed by atoms with Crippen molar-refractivity contribution in [3.8, 4) is 17.0 Å². The maximum absolute atomic E-state index is 12.0. The summed E-state index contributed by atoms with van der Waals surface area (Å²) in [5.41, 5.74) is 4.13. The van der Waals surface area contributed by atoms with Gasteiger partial charge in [-0.2, -0.15) is 0 Å². The van der Waals surface area contributed by atoms with E-state index in [4.69, 9.17) is 9.47 Å². The molecule has 5 nitrogen and oxygen atoms in total. The third kappa shape index (κ3) is 3.92. The van der Waals surface area contributed by atoms with Gasteiger partial charge < -0.3 is 9.47 Å². The normalized spacial score (nSPS) is 12.5. The number of ether oxygens (including phenoxy) is 2. The van der Waals surface area contributed by atoms with Gasteiger partial charge in [-0.3, -0.25) is 10.1 Å². The molecule has 0 bridgehead atoms. The Bertz CT molecular complexity index is 908. The van der Waals surface area contributed by atoms with E-state index < -0.39 is 0 Å². The van der Waals surface area contributed by atoms with Gasteiger partial charge in [0.1, 0.15) is 12.4 Å². The number of carbonyl (C=O) groups excluding carboxylic acids is 1. The zero-order valence-corrected chi connectivity index (χ0v) is 14.9. The van der Waals surface area contributed by atoms with Gasteiger partial charge in [0, 0.05) is 17.4 Å². The van der Waals surface area contributed by atoms with Gasteiger partial charge in [0.05, 0.1) is 18.9 Å². The Labute approximate surface area is 155 Å². The molecule has 2 heterocycles. The summed E-state index contributed by atoms with van der Waals surface area (Å²) in [6.45, 7) is 1.15. The predicted molar refractivity (Wildman–Crippen MR) is 101 cm³/mol. The van der Waals surface area contributed by atoms with Gasteiger partial charge in [-0.1, -0.05) is 30.3 Å². The quantitative estimate of drug-likeness (QED) is 0.719. The third-order valence-electron chi connectivity index (χ3n) is 4.08. The second kappa shape index (κ2) is 7.68. The van der Waals surface area contributed by atoms with Crippen LogP contribution in [0.15, 0.2) is 53.9 Å². The van der Waals surface area contributed by atoms with Crippen molar-refractivity contribution in [3.63, 3.8) is 0 Å². The molecule has 0 fully saturated rings. The summed E-state index contributed by atoms with van der Waals surface area (Å²) < 4.78 is 11.0. The molecule has 132 valence electrons. The van der Waals surface area contributed by atoms with Gasteiger partial charge in [-0.05, 0) is 29.3 Å². The molecular formula is C20H18N2O3S. The number of thiazole rings is 1. The molecule has 1 N–H and O–H groups in total. The van der Waals surface area contributed by atoms with Crippen LogP contribution < -0.4 is 10.1 Å². The number of fused-ring (bicyclic) bond motifs is 1. The van der Waals surface area contributed by atoms with Crippen molar-refractivity contribution in [1.82, 2.24) is 4.98 Å². The van der Waals surface area contributed by atoms with Crippen LogP contribution in [0.2, 0.25) is 0 Å². The molecule has 1 aliphatic rings. The molecule has 2 aromatic carbocycles. The molecule has 0 atom stereocenters. The highest BCUT2D eigenvalue weighted by Gasteiger charge is 2.14. The van der Waals surface area contributed by atoms with Crippen molar-refractivity contribution < 1.29 is 14.3 Å². The van der Waals surface area contributed by atoms with Crippen molar-refractivity contribution in [2.24, 2.45) is 0 Å². The molecule has 4 rings (SSSR count). The first-order valence-corrected chi connectivity index (χ1v) is 9.29. The Hall–Kier alpha value is -2.70.